The van der Waals surface area contributed by atoms with Crippen LogP contribution in [0.1, 0.15) is 11.1 Å². The van der Waals surface area contributed by atoms with Crippen molar-refractivity contribution in [1.29, 1.82) is 0 Å². The Kier molecular flexibility index (Phi) is 4.93. The van der Waals surface area contributed by atoms with Gasteiger partial charge >= 0.3 is 7.82 Å². The normalized spacial score (nSPS) is 13.1. The highest BCUT2D eigenvalue weighted by atomic mass is 31.2. The second-order valence-corrected chi connectivity index (χ2v) is 7.11. The Morgan fingerprint density at radius 1 is 0.800 bits per heavy atom. The molecule has 5 heteroatoms. The molecule has 0 saturated carbocycles. The quantitative estimate of drug-likeness (QED) is 0.612. The topological polar surface area (TPSA) is 55.8 Å². The van der Waals surface area contributed by atoms with E-state index in [-0.39, 0.29) is 11.5 Å². The number of hydrogen-bond acceptors (Lipinski definition) is 3. The molecule has 1 atom stereocenters. The maximum atomic E-state index is 12.1. The molecule has 0 saturated heterocycles. The van der Waals surface area contributed by atoms with Gasteiger partial charge in [0.1, 0.15) is 11.5 Å². The number of aryl methyl sites for hydroxylation is 2. The Morgan fingerprint density at radius 3 is 2.00 bits per heavy atom. The van der Waals surface area contributed by atoms with Crippen molar-refractivity contribution >= 4 is 7.82 Å². The van der Waals surface area contributed by atoms with Crippen molar-refractivity contribution in [2.24, 2.45) is 0 Å². The van der Waals surface area contributed by atoms with Crippen LogP contribution < -0.4 is 9.05 Å². The van der Waals surface area contributed by atoms with Gasteiger partial charge in [-0.15, -0.1) is 0 Å². The van der Waals surface area contributed by atoms with E-state index in [9.17, 15) is 9.46 Å². The fourth-order valence-electron chi connectivity index (χ4n) is 2.60. The Balaban J connectivity index is 1.75. The molecule has 3 aromatic rings. The number of phosphoric acid groups is 1. The maximum absolute atomic E-state index is 12.1. The second-order valence-electron chi connectivity index (χ2n) is 5.81. The first-order valence-corrected chi connectivity index (χ1v) is 9.37. The monoisotopic (exact) mass is 354 g/mol. The molecule has 0 heterocycles. The number of hydrogen-bond donors (Lipinski definition) is 1. The molecule has 128 valence electrons. The van der Waals surface area contributed by atoms with Crippen LogP contribution in [0.15, 0.2) is 72.8 Å². The molecule has 3 aromatic carbocycles. The summed E-state index contributed by atoms with van der Waals surface area (Å²) in [6, 6.07) is 21.7. The second kappa shape index (κ2) is 7.14. The molecule has 0 aliphatic rings. The van der Waals surface area contributed by atoms with E-state index in [0.29, 0.717) is 0 Å². The number of phosphoric ester groups is 1. The van der Waals surface area contributed by atoms with Crippen LogP contribution in [0.4, 0.5) is 0 Å². The zero-order chi connectivity index (χ0) is 17.9. The van der Waals surface area contributed by atoms with Gasteiger partial charge in [-0.2, -0.15) is 0 Å². The average molecular weight is 354 g/mol. The molecular formula is C20H19O4P. The lowest BCUT2D eigenvalue weighted by atomic mass is 9.99. The summed E-state index contributed by atoms with van der Waals surface area (Å²) in [4.78, 5) is 9.89. The number of benzene rings is 3. The van der Waals surface area contributed by atoms with E-state index in [1.807, 2.05) is 12.1 Å². The smallest absolute Gasteiger partial charge is 0.395 e. The molecule has 0 spiro atoms. The lowest BCUT2D eigenvalue weighted by Crippen LogP contribution is -1.99. The van der Waals surface area contributed by atoms with Crippen LogP contribution in [0, 0.1) is 13.8 Å². The highest BCUT2D eigenvalue weighted by Crippen LogP contribution is 2.44. The van der Waals surface area contributed by atoms with Crippen molar-refractivity contribution in [3.8, 4) is 22.6 Å². The molecular weight excluding hydrogens is 335 g/mol. The minimum Gasteiger partial charge on any atom is -0.395 e. The fourth-order valence-corrected chi connectivity index (χ4v) is 3.41. The minimum absolute atomic E-state index is 0.273. The third kappa shape index (κ3) is 4.50. The SMILES string of the molecule is Cc1ccc(-c2ccc(OP(=O)(O)Oc3ccccc3)cc2)c(C)c1. The highest BCUT2D eigenvalue weighted by Gasteiger charge is 2.24. The van der Waals surface area contributed by atoms with E-state index >= 15 is 0 Å². The van der Waals surface area contributed by atoms with Gasteiger partial charge in [-0.05, 0) is 54.8 Å². The number of para-hydroxylation sites is 1. The van der Waals surface area contributed by atoms with Crippen LogP contribution in [0.3, 0.4) is 0 Å². The van der Waals surface area contributed by atoms with Gasteiger partial charge < -0.3 is 9.05 Å². The summed E-state index contributed by atoms with van der Waals surface area (Å²) >= 11 is 0. The zero-order valence-corrected chi connectivity index (χ0v) is 14.9. The fraction of sp³-hybridized carbons (Fsp3) is 0.100. The van der Waals surface area contributed by atoms with Crippen molar-refractivity contribution in [2.75, 3.05) is 0 Å². The molecule has 0 fully saturated rings. The Hall–Kier alpha value is -2.55. The van der Waals surface area contributed by atoms with Crippen LogP contribution in [-0.2, 0) is 4.57 Å². The molecule has 3 rings (SSSR count). The summed E-state index contributed by atoms with van der Waals surface area (Å²) in [5.74, 6) is 0.551. The minimum atomic E-state index is -4.24. The summed E-state index contributed by atoms with van der Waals surface area (Å²) in [7, 11) is -4.24. The van der Waals surface area contributed by atoms with E-state index in [4.69, 9.17) is 9.05 Å². The van der Waals surface area contributed by atoms with Crippen molar-refractivity contribution in [3.63, 3.8) is 0 Å². The Morgan fingerprint density at radius 2 is 1.40 bits per heavy atom. The van der Waals surface area contributed by atoms with Crippen molar-refractivity contribution in [3.05, 3.63) is 83.9 Å². The van der Waals surface area contributed by atoms with Gasteiger partial charge in [0.15, 0.2) is 0 Å². The van der Waals surface area contributed by atoms with Gasteiger partial charge in [0.2, 0.25) is 0 Å². The number of rotatable bonds is 5. The van der Waals surface area contributed by atoms with Crippen molar-refractivity contribution < 1.29 is 18.5 Å². The van der Waals surface area contributed by atoms with Gasteiger partial charge in [-0.3, -0.25) is 4.89 Å². The third-order valence-electron chi connectivity index (χ3n) is 3.73. The van der Waals surface area contributed by atoms with Crippen LogP contribution >= 0.6 is 7.82 Å². The molecule has 25 heavy (non-hydrogen) atoms. The lowest BCUT2D eigenvalue weighted by molar-refractivity contribution is 0.291. The summed E-state index contributed by atoms with van der Waals surface area (Å²) in [6.07, 6.45) is 0. The van der Waals surface area contributed by atoms with Crippen LogP contribution in [0.5, 0.6) is 11.5 Å². The summed E-state index contributed by atoms with van der Waals surface area (Å²) in [5, 5.41) is 0. The predicted molar refractivity (Wildman–Crippen MR) is 98.9 cm³/mol. The summed E-state index contributed by atoms with van der Waals surface area (Å²) in [6.45, 7) is 4.11. The van der Waals surface area contributed by atoms with Gasteiger partial charge in [-0.25, -0.2) is 4.57 Å². The molecule has 1 N–H and O–H groups in total. The van der Waals surface area contributed by atoms with Crippen LogP contribution in [0.2, 0.25) is 0 Å². The molecule has 0 aliphatic carbocycles. The first-order valence-electron chi connectivity index (χ1n) is 7.88. The molecule has 0 aromatic heterocycles. The van der Waals surface area contributed by atoms with E-state index in [1.165, 1.54) is 11.1 Å². The first-order chi connectivity index (χ1) is 11.9. The highest BCUT2D eigenvalue weighted by molar-refractivity contribution is 7.48. The molecule has 1 unspecified atom stereocenters. The van der Waals surface area contributed by atoms with Gasteiger partial charge in [0.05, 0.1) is 0 Å². The first kappa shape index (κ1) is 17.3. The van der Waals surface area contributed by atoms with Crippen molar-refractivity contribution in [2.45, 2.75) is 13.8 Å². The average Bonchev–Trinajstić information content (AvgIpc) is 2.56. The molecule has 0 bridgehead atoms. The van der Waals surface area contributed by atoms with E-state index in [0.717, 1.165) is 11.1 Å². The van der Waals surface area contributed by atoms with Gasteiger partial charge in [-0.1, -0.05) is 54.1 Å². The van der Waals surface area contributed by atoms with Crippen LogP contribution in [0.25, 0.3) is 11.1 Å². The van der Waals surface area contributed by atoms with Gasteiger partial charge in [0.25, 0.3) is 0 Å². The largest absolute Gasteiger partial charge is 0.584 e. The Bertz CT molecular complexity index is 905. The van der Waals surface area contributed by atoms with Crippen molar-refractivity contribution in [1.82, 2.24) is 0 Å². The maximum Gasteiger partial charge on any atom is 0.584 e. The lowest BCUT2D eigenvalue weighted by Gasteiger charge is -2.14. The molecule has 0 amide bonds. The van der Waals surface area contributed by atoms with E-state index < -0.39 is 7.82 Å². The Labute approximate surface area is 147 Å². The zero-order valence-electron chi connectivity index (χ0n) is 14.0. The summed E-state index contributed by atoms with van der Waals surface area (Å²) in [5.41, 5.74) is 4.51. The standard InChI is InChI=1S/C20H19O4P/c1-15-8-13-20(16(2)14-15)17-9-11-19(12-10-17)24-25(21,22)23-18-6-4-3-5-7-18/h3-14H,1-2H3,(H,21,22). The summed E-state index contributed by atoms with van der Waals surface area (Å²) < 4.78 is 22.3. The van der Waals surface area contributed by atoms with Crippen LogP contribution in [-0.4, -0.2) is 4.89 Å². The third-order valence-corrected chi connectivity index (χ3v) is 4.62. The van der Waals surface area contributed by atoms with Gasteiger partial charge in [0, 0.05) is 0 Å². The molecule has 4 nitrogen and oxygen atoms in total. The van der Waals surface area contributed by atoms with E-state index in [2.05, 4.69) is 32.0 Å². The molecule has 0 aliphatic heterocycles. The molecule has 0 radical (unpaired) electrons. The predicted octanol–water partition coefficient (Wildman–Crippen LogP) is 5.53. The van der Waals surface area contributed by atoms with E-state index in [1.54, 1.807) is 42.5 Å².